The zero-order valence-corrected chi connectivity index (χ0v) is 12.5. The fourth-order valence-electron chi connectivity index (χ4n) is 1.48. The van der Waals surface area contributed by atoms with E-state index in [0.29, 0.717) is 5.02 Å². The molecule has 0 aliphatic heterocycles. The van der Waals surface area contributed by atoms with Gasteiger partial charge in [-0.1, -0.05) is 11.6 Å². The second kappa shape index (κ2) is 5.97. The van der Waals surface area contributed by atoms with E-state index in [1.807, 2.05) is 0 Å². The van der Waals surface area contributed by atoms with Crippen molar-refractivity contribution in [2.45, 2.75) is 4.90 Å². The fourth-order valence-corrected chi connectivity index (χ4v) is 2.49. The number of halogens is 3. The van der Waals surface area contributed by atoms with Crippen LogP contribution in [0.2, 0.25) is 5.02 Å². The van der Waals surface area contributed by atoms with Gasteiger partial charge in [-0.15, -0.1) is 0 Å². The first-order valence-corrected chi connectivity index (χ1v) is 8.13. The normalized spacial score (nSPS) is 11.2. The van der Waals surface area contributed by atoms with Crippen LogP contribution >= 0.6 is 22.3 Å². The summed E-state index contributed by atoms with van der Waals surface area (Å²) in [4.78, 5) is 15.0. The van der Waals surface area contributed by atoms with Crippen molar-refractivity contribution in [3.05, 3.63) is 53.1 Å². The summed E-state index contributed by atoms with van der Waals surface area (Å²) in [6.07, 6.45) is 1.29. The summed E-state index contributed by atoms with van der Waals surface area (Å²) in [6.45, 7) is 0. The predicted octanol–water partition coefficient (Wildman–Crippen LogP) is 3.05. The highest BCUT2D eigenvalue weighted by molar-refractivity contribution is 8.13. The van der Waals surface area contributed by atoms with Crippen LogP contribution in [0.25, 0.3) is 0 Å². The van der Waals surface area contributed by atoms with Gasteiger partial charge in [-0.3, -0.25) is 4.79 Å². The van der Waals surface area contributed by atoms with Crippen molar-refractivity contribution in [3.8, 4) is 0 Å². The van der Waals surface area contributed by atoms with E-state index < -0.39 is 25.7 Å². The molecule has 1 amide bonds. The van der Waals surface area contributed by atoms with Crippen LogP contribution in [0.15, 0.2) is 41.4 Å². The molecule has 0 bridgehead atoms. The Morgan fingerprint density at radius 3 is 2.48 bits per heavy atom. The highest BCUT2D eigenvalue weighted by Crippen LogP contribution is 2.22. The number of hydrogen-bond acceptors (Lipinski definition) is 4. The number of nitrogens with one attached hydrogen (secondary N) is 1. The van der Waals surface area contributed by atoms with Gasteiger partial charge in [0, 0.05) is 22.6 Å². The van der Waals surface area contributed by atoms with Crippen LogP contribution in [0.5, 0.6) is 0 Å². The molecule has 0 fully saturated rings. The number of benzene rings is 1. The number of rotatable bonds is 3. The van der Waals surface area contributed by atoms with Crippen LogP contribution in [0.1, 0.15) is 10.5 Å². The van der Waals surface area contributed by atoms with Gasteiger partial charge in [0.15, 0.2) is 0 Å². The first-order valence-electron chi connectivity index (χ1n) is 5.44. The third-order valence-electron chi connectivity index (χ3n) is 2.41. The lowest BCUT2D eigenvalue weighted by Gasteiger charge is -2.06. The lowest BCUT2D eigenvalue weighted by atomic mass is 10.3. The first kappa shape index (κ1) is 15.7. The maximum Gasteiger partial charge on any atom is 0.274 e. The minimum absolute atomic E-state index is 0.0679. The molecule has 21 heavy (non-hydrogen) atoms. The van der Waals surface area contributed by atoms with E-state index in [1.165, 1.54) is 24.4 Å². The highest BCUT2D eigenvalue weighted by atomic mass is 35.7. The zero-order valence-electron chi connectivity index (χ0n) is 10.2. The minimum atomic E-state index is -4.18. The summed E-state index contributed by atoms with van der Waals surface area (Å²) < 4.78 is 35.7. The van der Waals surface area contributed by atoms with Gasteiger partial charge in [0.2, 0.25) is 0 Å². The van der Waals surface area contributed by atoms with Gasteiger partial charge in [0.25, 0.3) is 15.0 Å². The molecule has 1 heterocycles. The largest absolute Gasteiger partial charge is 0.321 e. The molecule has 9 heteroatoms. The number of amides is 1. The molecule has 2 aromatic rings. The van der Waals surface area contributed by atoms with E-state index >= 15 is 0 Å². The molecule has 110 valence electrons. The Labute approximate surface area is 129 Å². The van der Waals surface area contributed by atoms with Crippen molar-refractivity contribution >= 4 is 42.9 Å². The van der Waals surface area contributed by atoms with Gasteiger partial charge in [-0.25, -0.2) is 17.8 Å². The predicted molar refractivity (Wildman–Crippen MR) is 76.6 cm³/mol. The number of anilines is 1. The van der Waals surface area contributed by atoms with E-state index in [9.17, 15) is 17.6 Å². The SMILES string of the molecule is O=C(Nc1ccc(S(=O)(=O)Cl)c(F)c1)c1ccc(Cl)cn1. The van der Waals surface area contributed by atoms with E-state index in [-0.39, 0.29) is 11.4 Å². The topological polar surface area (TPSA) is 76.1 Å². The van der Waals surface area contributed by atoms with E-state index in [2.05, 4.69) is 10.3 Å². The number of carbonyl (C=O) groups excluding carboxylic acids is 1. The van der Waals surface area contributed by atoms with Crippen LogP contribution in [0, 0.1) is 5.82 Å². The van der Waals surface area contributed by atoms with Gasteiger partial charge in [-0.2, -0.15) is 0 Å². The van der Waals surface area contributed by atoms with E-state index in [4.69, 9.17) is 22.3 Å². The van der Waals surface area contributed by atoms with Crippen molar-refractivity contribution in [2.24, 2.45) is 0 Å². The van der Waals surface area contributed by atoms with Crippen LogP contribution in [0.4, 0.5) is 10.1 Å². The lowest BCUT2D eigenvalue weighted by molar-refractivity contribution is 0.102. The molecule has 0 saturated heterocycles. The number of aromatic nitrogens is 1. The Balaban J connectivity index is 2.22. The van der Waals surface area contributed by atoms with Crippen LogP contribution < -0.4 is 5.32 Å². The average molecular weight is 349 g/mol. The Bertz CT molecular complexity index is 795. The summed E-state index contributed by atoms with van der Waals surface area (Å²) in [5, 5.41) is 2.74. The Hall–Kier alpha value is -1.70. The van der Waals surface area contributed by atoms with Crippen molar-refractivity contribution < 1.29 is 17.6 Å². The molecule has 5 nitrogen and oxygen atoms in total. The molecule has 0 aliphatic rings. The molecule has 0 unspecified atom stereocenters. The van der Waals surface area contributed by atoms with Gasteiger partial charge >= 0.3 is 0 Å². The number of hydrogen-bond donors (Lipinski definition) is 1. The number of pyridine rings is 1. The zero-order chi connectivity index (χ0) is 15.6. The first-order chi connectivity index (χ1) is 9.77. The monoisotopic (exact) mass is 348 g/mol. The Kier molecular flexibility index (Phi) is 4.46. The molecule has 0 atom stereocenters. The summed E-state index contributed by atoms with van der Waals surface area (Å²) in [6, 6.07) is 5.90. The number of nitrogens with zero attached hydrogens (tertiary/aromatic N) is 1. The van der Waals surface area contributed by atoms with Crippen molar-refractivity contribution in [1.82, 2.24) is 4.98 Å². The van der Waals surface area contributed by atoms with Crippen LogP contribution in [-0.2, 0) is 9.05 Å². The molecule has 1 aromatic carbocycles. The summed E-state index contributed by atoms with van der Waals surface area (Å²) in [5.41, 5.74) is 0.146. The van der Waals surface area contributed by atoms with Crippen molar-refractivity contribution in [1.29, 1.82) is 0 Å². The second-order valence-corrected chi connectivity index (χ2v) is 6.87. The summed E-state index contributed by atoms with van der Waals surface area (Å²) in [5.74, 6) is -1.65. The molecular weight excluding hydrogens is 342 g/mol. The molecular formula is C12H7Cl2FN2O3S. The smallest absolute Gasteiger partial charge is 0.274 e. The standard InChI is InChI=1S/C12H7Cl2FN2O3S/c13-7-1-3-10(16-6-7)12(18)17-8-2-4-11(9(15)5-8)21(14,19)20/h1-6H,(H,17,18). The molecule has 2 rings (SSSR count). The lowest BCUT2D eigenvalue weighted by Crippen LogP contribution is -2.13. The third kappa shape index (κ3) is 3.90. The second-order valence-electron chi connectivity index (χ2n) is 3.90. The third-order valence-corrected chi connectivity index (χ3v) is 3.99. The summed E-state index contributed by atoms with van der Waals surface area (Å²) >= 11 is 5.64. The minimum Gasteiger partial charge on any atom is -0.321 e. The molecule has 0 spiro atoms. The van der Waals surface area contributed by atoms with Gasteiger partial charge < -0.3 is 5.32 Å². The molecule has 1 aromatic heterocycles. The van der Waals surface area contributed by atoms with E-state index in [1.54, 1.807) is 0 Å². The van der Waals surface area contributed by atoms with Crippen LogP contribution in [0.3, 0.4) is 0 Å². The maximum atomic E-state index is 13.6. The highest BCUT2D eigenvalue weighted by Gasteiger charge is 2.17. The number of carbonyl (C=O) groups is 1. The molecule has 0 aliphatic carbocycles. The quantitative estimate of drug-likeness (QED) is 0.864. The van der Waals surface area contributed by atoms with E-state index in [0.717, 1.165) is 12.1 Å². The maximum absolute atomic E-state index is 13.6. The molecule has 0 saturated carbocycles. The van der Waals surface area contributed by atoms with Crippen molar-refractivity contribution in [2.75, 3.05) is 5.32 Å². The fraction of sp³-hybridized carbons (Fsp3) is 0. The van der Waals surface area contributed by atoms with Gasteiger partial charge in [0.05, 0.1) is 5.02 Å². The van der Waals surface area contributed by atoms with Gasteiger partial charge in [0.1, 0.15) is 16.4 Å². The Morgan fingerprint density at radius 1 is 1.24 bits per heavy atom. The van der Waals surface area contributed by atoms with Crippen molar-refractivity contribution in [3.63, 3.8) is 0 Å². The molecule has 0 radical (unpaired) electrons. The van der Waals surface area contributed by atoms with Crippen LogP contribution in [-0.4, -0.2) is 19.3 Å². The van der Waals surface area contributed by atoms with Gasteiger partial charge in [-0.05, 0) is 30.3 Å². The Morgan fingerprint density at radius 2 is 1.95 bits per heavy atom. The summed E-state index contributed by atoms with van der Waals surface area (Å²) in [7, 11) is 0.877. The average Bonchev–Trinajstić information content (AvgIpc) is 2.37. The molecule has 1 N–H and O–H groups in total.